The van der Waals surface area contributed by atoms with Gasteiger partial charge in [-0.25, -0.2) is 15.8 Å². The molecule has 0 bridgehead atoms. The second kappa shape index (κ2) is 5.63. The maximum atomic E-state index is 6.04. The van der Waals surface area contributed by atoms with Crippen LogP contribution in [0.3, 0.4) is 0 Å². The number of hydrogen-bond acceptors (Lipinski definition) is 6. The summed E-state index contributed by atoms with van der Waals surface area (Å²) in [5, 5.41) is 0. The maximum Gasteiger partial charge on any atom is 0.162 e. The number of fused-ring (bicyclic) bond motifs is 1. The summed E-state index contributed by atoms with van der Waals surface area (Å²) in [4.78, 5) is 9.41. The first kappa shape index (κ1) is 13.7. The average molecular weight is 278 g/mol. The van der Waals surface area contributed by atoms with Crippen LogP contribution in [0.1, 0.15) is 49.7 Å². The average Bonchev–Trinajstić information content (AvgIpc) is 2.96. The van der Waals surface area contributed by atoms with Crippen LogP contribution >= 0.6 is 0 Å². The van der Waals surface area contributed by atoms with Crippen molar-refractivity contribution in [2.24, 2.45) is 5.84 Å². The predicted octanol–water partition coefficient (Wildman–Crippen LogP) is 1.64. The summed E-state index contributed by atoms with van der Waals surface area (Å²) in [7, 11) is 0. The molecule has 6 heteroatoms. The van der Waals surface area contributed by atoms with Crippen LogP contribution in [0.5, 0.6) is 0 Å². The van der Waals surface area contributed by atoms with E-state index in [2.05, 4.69) is 10.4 Å². The molecule has 0 atom stereocenters. The summed E-state index contributed by atoms with van der Waals surface area (Å²) in [6.07, 6.45) is 5.10. The SMILES string of the molecule is CCOC1(c2nc3c(c(NN)n2)COCC3)CCCC1. The summed E-state index contributed by atoms with van der Waals surface area (Å²) in [6.45, 7) is 3.93. The number of hydrazine groups is 1. The Labute approximate surface area is 119 Å². The van der Waals surface area contributed by atoms with E-state index in [1.807, 2.05) is 6.92 Å². The summed E-state index contributed by atoms with van der Waals surface area (Å²) >= 11 is 0. The smallest absolute Gasteiger partial charge is 0.162 e. The highest BCUT2D eigenvalue weighted by molar-refractivity contribution is 5.46. The van der Waals surface area contributed by atoms with Gasteiger partial charge in [0.1, 0.15) is 11.4 Å². The molecule has 1 aromatic heterocycles. The number of nitrogens with zero attached hydrogens (tertiary/aromatic N) is 2. The van der Waals surface area contributed by atoms with Crippen LogP contribution < -0.4 is 11.3 Å². The number of nitrogen functional groups attached to an aromatic ring is 1. The Kier molecular flexibility index (Phi) is 3.87. The molecule has 1 aliphatic heterocycles. The van der Waals surface area contributed by atoms with Gasteiger partial charge in [0.2, 0.25) is 0 Å². The fourth-order valence-corrected chi connectivity index (χ4v) is 3.21. The number of ether oxygens (including phenoxy) is 2. The predicted molar refractivity (Wildman–Crippen MR) is 75.0 cm³/mol. The fraction of sp³-hybridized carbons (Fsp3) is 0.714. The van der Waals surface area contributed by atoms with Gasteiger partial charge in [-0.2, -0.15) is 0 Å². The van der Waals surface area contributed by atoms with E-state index in [9.17, 15) is 0 Å². The van der Waals surface area contributed by atoms with Crippen LogP contribution in [0.15, 0.2) is 0 Å². The summed E-state index contributed by atoms with van der Waals surface area (Å²) in [5.74, 6) is 7.08. The van der Waals surface area contributed by atoms with Gasteiger partial charge in [0.05, 0.1) is 18.9 Å². The van der Waals surface area contributed by atoms with Crippen molar-refractivity contribution in [3.63, 3.8) is 0 Å². The van der Waals surface area contributed by atoms with Crippen molar-refractivity contribution in [3.05, 3.63) is 17.1 Å². The van der Waals surface area contributed by atoms with Crippen LogP contribution in [0.2, 0.25) is 0 Å². The first-order valence-corrected chi connectivity index (χ1v) is 7.37. The van der Waals surface area contributed by atoms with E-state index in [1.165, 1.54) is 0 Å². The van der Waals surface area contributed by atoms with Gasteiger partial charge in [0.15, 0.2) is 5.82 Å². The molecule has 110 valence electrons. The van der Waals surface area contributed by atoms with E-state index in [0.717, 1.165) is 49.2 Å². The second-order valence-electron chi connectivity index (χ2n) is 5.40. The monoisotopic (exact) mass is 278 g/mol. The Morgan fingerprint density at radius 3 is 2.85 bits per heavy atom. The third-order valence-electron chi connectivity index (χ3n) is 4.20. The lowest BCUT2D eigenvalue weighted by molar-refractivity contribution is -0.0460. The van der Waals surface area contributed by atoms with Gasteiger partial charge in [-0.05, 0) is 32.6 Å². The van der Waals surface area contributed by atoms with E-state index in [0.29, 0.717) is 25.6 Å². The molecule has 3 rings (SSSR count). The molecule has 6 nitrogen and oxygen atoms in total. The van der Waals surface area contributed by atoms with E-state index in [1.54, 1.807) is 0 Å². The molecule has 0 saturated heterocycles. The molecular formula is C14H22N4O2. The van der Waals surface area contributed by atoms with Crippen molar-refractivity contribution < 1.29 is 9.47 Å². The molecule has 20 heavy (non-hydrogen) atoms. The highest BCUT2D eigenvalue weighted by Gasteiger charge is 2.40. The lowest BCUT2D eigenvalue weighted by Gasteiger charge is -2.29. The van der Waals surface area contributed by atoms with E-state index in [-0.39, 0.29) is 5.60 Å². The summed E-state index contributed by atoms with van der Waals surface area (Å²) in [5.41, 5.74) is 4.39. The van der Waals surface area contributed by atoms with E-state index < -0.39 is 0 Å². The molecule has 1 aliphatic carbocycles. The molecule has 2 aliphatic rings. The fourth-order valence-electron chi connectivity index (χ4n) is 3.21. The van der Waals surface area contributed by atoms with Crippen molar-refractivity contribution in [3.8, 4) is 0 Å². The van der Waals surface area contributed by atoms with Gasteiger partial charge < -0.3 is 14.9 Å². The number of aromatic nitrogens is 2. The van der Waals surface area contributed by atoms with Crippen molar-refractivity contribution in [1.29, 1.82) is 0 Å². The van der Waals surface area contributed by atoms with Crippen LogP contribution in [-0.2, 0) is 28.1 Å². The minimum absolute atomic E-state index is 0.326. The number of nitrogens with two attached hydrogens (primary N) is 1. The zero-order chi connectivity index (χ0) is 14.0. The molecule has 0 radical (unpaired) electrons. The van der Waals surface area contributed by atoms with Gasteiger partial charge in [-0.3, -0.25) is 0 Å². The molecule has 1 saturated carbocycles. The maximum absolute atomic E-state index is 6.04. The standard InChI is InChI=1S/C14H22N4O2/c1-2-20-14(6-3-4-7-14)13-16-11-5-8-19-9-10(11)12(17-13)18-15/h2-9,15H2,1H3,(H,16,17,18). The van der Waals surface area contributed by atoms with Crippen molar-refractivity contribution >= 4 is 5.82 Å². The lowest BCUT2D eigenvalue weighted by Crippen LogP contribution is -2.31. The highest BCUT2D eigenvalue weighted by atomic mass is 16.5. The van der Waals surface area contributed by atoms with Crippen molar-refractivity contribution in [2.75, 3.05) is 18.6 Å². The Bertz CT molecular complexity index is 469. The number of nitrogens with one attached hydrogen (secondary N) is 1. The zero-order valence-electron chi connectivity index (χ0n) is 11.9. The normalized spacial score (nSPS) is 20.7. The Balaban J connectivity index is 2.04. The minimum Gasteiger partial charge on any atom is -0.376 e. The van der Waals surface area contributed by atoms with Crippen LogP contribution in [-0.4, -0.2) is 23.2 Å². The second-order valence-corrected chi connectivity index (χ2v) is 5.40. The first-order valence-electron chi connectivity index (χ1n) is 7.37. The highest BCUT2D eigenvalue weighted by Crippen LogP contribution is 2.41. The quantitative estimate of drug-likeness (QED) is 0.643. The molecular weight excluding hydrogens is 256 g/mol. The first-order chi connectivity index (χ1) is 9.79. The van der Waals surface area contributed by atoms with Gasteiger partial charge >= 0.3 is 0 Å². The molecule has 2 heterocycles. The third-order valence-corrected chi connectivity index (χ3v) is 4.20. The molecule has 3 N–H and O–H groups in total. The molecule has 1 fully saturated rings. The van der Waals surface area contributed by atoms with Gasteiger partial charge in [-0.1, -0.05) is 0 Å². The number of rotatable bonds is 4. The largest absolute Gasteiger partial charge is 0.376 e. The van der Waals surface area contributed by atoms with Crippen LogP contribution in [0.4, 0.5) is 5.82 Å². The Morgan fingerprint density at radius 2 is 2.15 bits per heavy atom. The van der Waals surface area contributed by atoms with Gasteiger partial charge in [-0.15, -0.1) is 0 Å². The molecule has 0 unspecified atom stereocenters. The minimum atomic E-state index is -0.326. The summed E-state index contributed by atoms with van der Waals surface area (Å²) in [6, 6.07) is 0. The van der Waals surface area contributed by atoms with Gasteiger partial charge in [0.25, 0.3) is 0 Å². The van der Waals surface area contributed by atoms with Crippen molar-refractivity contribution in [2.45, 2.75) is 51.2 Å². The summed E-state index contributed by atoms with van der Waals surface area (Å²) < 4.78 is 11.5. The number of anilines is 1. The zero-order valence-corrected chi connectivity index (χ0v) is 11.9. The molecule has 1 aromatic rings. The topological polar surface area (TPSA) is 82.3 Å². The van der Waals surface area contributed by atoms with Crippen LogP contribution in [0, 0.1) is 0 Å². The van der Waals surface area contributed by atoms with Crippen LogP contribution in [0.25, 0.3) is 0 Å². The van der Waals surface area contributed by atoms with E-state index in [4.69, 9.17) is 20.3 Å². The van der Waals surface area contributed by atoms with E-state index >= 15 is 0 Å². The Morgan fingerprint density at radius 1 is 1.35 bits per heavy atom. The molecule has 0 spiro atoms. The van der Waals surface area contributed by atoms with Gasteiger partial charge in [0, 0.05) is 18.6 Å². The number of hydrogen-bond donors (Lipinski definition) is 2. The van der Waals surface area contributed by atoms with Crippen molar-refractivity contribution in [1.82, 2.24) is 9.97 Å². The third kappa shape index (κ3) is 2.28. The molecule has 0 amide bonds. The molecule has 0 aromatic carbocycles. The lowest BCUT2D eigenvalue weighted by atomic mass is 9.99. The Hall–Kier alpha value is -1.24.